The summed E-state index contributed by atoms with van der Waals surface area (Å²) in [6.07, 6.45) is -0.631. The monoisotopic (exact) mass is 309 g/mol. The van der Waals surface area contributed by atoms with E-state index in [4.69, 9.17) is 4.74 Å². The fourth-order valence-electron chi connectivity index (χ4n) is 1.32. The number of amides is 1. The number of rotatable bonds is 2. The summed E-state index contributed by atoms with van der Waals surface area (Å²) in [5, 5.41) is 2.51. The van der Waals surface area contributed by atoms with Crippen molar-refractivity contribution in [2.24, 2.45) is 0 Å². The van der Waals surface area contributed by atoms with E-state index in [2.05, 4.69) is 21.2 Å². The van der Waals surface area contributed by atoms with Crippen LogP contribution in [0.15, 0.2) is 53.0 Å². The first-order valence-corrected chi connectivity index (χ1v) is 5.93. The molecule has 0 heterocycles. The average molecular weight is 310 g/mol. The summed E-state index contributed by atoms with van der Waals surface area (Å²) in [4.78, 5) is 11.6. The minimum absolute atomic E-state index is 0.385. The van der Waals surface area contributed by atoms with Crippen molar-refractivity contribution in [3.8, 4) is 5.75 Å². The van der Waals surface area contributed by atoms with Gasteiger partial charge >= 0.3 is 6.09 Å². The molecule has 0 spiro atoms. The lowest BCUT2D eigenvalue weighted by Gasteiger charge is -2.08. The fourth-order valence-corrected chi connectivity index (χ4v) is 1.77. The Kier molecular flexibility index (Phi) is 3.94. The molecule has 92 valence electrons. The van der Waals surface area contributed by atoms with Crippen molar-refractivity contribution in [3.63, 3.8) is 0 Å². The van der Waals surface area contributed by atoms with Crippen LogP contribution >= 0.6 is 15.9 Å². The number of carbonyl (C=O) groups is 1. The Morgan fingerprint density at radius 1 is 1.17 bits per heavy atom. The van der Waals surface area contributed by atoms with E-state index in [-0.39, 0.29) is 5.82 Å². The van der Waals surface area contributed by atoms with Gasteiger partial charge in [0.25, 0.3) is 0 Å². The van der Waals surface area contributed by atoms with Gasteiger partial charge in [-0.25, -0.2) is 9.18 Å². The molecule has 0 bridgehead atoms. The second kappa shape index (κ2) is 5.64. The zero-order valence-electron chi connectivity index (χ0n) is 9.19. The lowest BCUT2D eigenvalue weighted by molar-refractivity contribution is 0.215. The summed E-state index contributed by atoms with van der Waals surface area (Å²) >= 11 is 3.15. The summed E-state index contributed by atoms with van der Waals surface area (Å²) in [6.45, 7) is 0. The maximum absolute atomic E-state index is 12.9. The molecule has 0 unspecified atom stereocenters. The second-order valence-corrected chi connectivity index (χ2v) is 4.31. The SMILES string of the molecule is O=C(Nc1ccc(F)cc1Br)Oc1ccccc1. The number of nitrogens with one attached hydrogen (secondary N) is 1. The molecule has 0 fully saturated rings. The Morgan fingerprint density at radius 3 is 2.56 bits per heavy atom. The summed E-state index contributed by atoms with van der Waals surface area (Å²) in [7, 11) is 0. The molecule has 18 heavy (non-hydrogen) atoms. The molecule has 0 atom stereocenters. The summed E-state index contributed by atoms with van der Waals surface area (Å²) in [5.41, 5.74) is 0.442. The van der Waals surface area contributed by atoms with Gasteiger partial charge in [-0.05, 0) is 46.3 Å². The van der Waals surface area contributed by atoms with E-state index in [1.807, 2.05) is 6.07 Å². The van der Waals surface area contributed by atoms with Gasteiger partial charge in [-0.3, -0.25) is 5.32 Å². The Labute approximate surface area is 112 Å². The first-order chi connectivity index (χ1) is 8.65. The van der Waals surface area contributed by atoms with E-state index in [0.717, 1.165) is 0 Å². The van der Waals surface area contributed by atoms with Crippen LogP contribution in [0.1, 0.15) is 0 Å². The van der Waals surface area contributed by atoms with Crippen LogP contribution in [0.25, 0.3) is 0 Å². The third-order valence-corrected chi connectivity index (χ3v) is 2.78. The molecule has 0 aliphatic carbocycles. The molecule has 2 aromatic carbocycles. The molecule has 0 aromatic heterocycles. The number of hydrogen-bond acceptors (Lipinski definition) is 2. The van der Waals surface area contributed by atoms with Crippen molar-refractivity contribution in [1.82, 2.24) is 0 Å². The molecule has 0 radical (unpaired) electrons. The van der Waals surface area contributed by atoms with Crippen LogP contribution in [0, 0.1) is 5.82 Å². The third-order valence-electron chi connectivity index (χ3n) is 2.12. The van der Waals surface area contributed by atoms with Crippen molar-refractivity contribution in [1.29, 1.82) is 0 Å². The fraction of sp³-hybridized carbons (Fsp3) is 0. The number of anilines is 1. The molecular weight excluding hydrogens is 301 g/mol. The Hall–Kier alpha value is -1.88. The van der Waals surface area contributed by atoms with Gasteiger partial charge in [0, 0.05) is 4.47 Å². The lowest BCUT2D eigenvalue weighted by atomic mass is 10.3. The maximum atomic E-state index is 12.9. The summed E-state index contributed by atoms with van der Waals surface area (Å²) < 4.78 is 18.3. The zero-order valence-corrected chi connectivity index (χ0v) is 10.8. The largest absolute Gasteiger partial charge is 0.417 e. The molecule has 1 N–H and O–H groups in total. The first kappa shape index (κ1) is 12.6. The maximum Gasteiger partial charge on any atom is 0.417 e. The van der Waals surface area contributed by atoms with Crippen molar-refractivity contribution in [2.45, 2.75) is 0 Å². The number of ether oxygens (including phenoxy) is 1. The van der Waals surface area contributed by atoms with E-state index >= 15 is 0 Å². The van der Waals surface area contributed by atoms with Gasteiger partial charge in [0.05, 0.1) is 5.69 Å². The van der Waals surface area contributed by atoms with Gasteiger partial charge < -0.3 is 4.74 Å². The number of benzene rings is 2. The minimum atomic E-state index is -0.631. The van der Waals surface area contributed by atoms with Gasteiger partial charge in [0.15, 0.2) is 0 Å². The molecule has 0 saturated heterocycles. The van der Waals surface area contributed by atoms with Crippen molar-refractivity contribution in [2.75, 3.05) is 5.32 Å². The highest BCUT2D eigenvalue weighted by molar-refractivity contribution is 9.10. The Bertz CT molecular complexity index is 560. The van der Waals surface area contributed by atoms with E-state index in [0.29, 0.717) is 15.9 Å². The highest BCUT2D eigenvalue weighted by Gasteiger charge is 2.08. The number of halogens is 2. The Balaban J connectivity index is 2.03. The smallest absolute Gasteiger partial charge is 0.410 e. The van der Waals surface area contributed by atoms with Crippen LogP contribution in [0.2, 0.25) is 0 Å². The van der Waals surface area contributed by atoms with E-state index in [9.17, 15) is 9.18 Å². The molecule has 2 aromatic rings. The van der Waals surface area contributed by atoms with Crippen molar-refractivity contribution >= 4 is 27.7 Å². The van der Waals surface area contributed by atoms with Crippen LogP contribution in [0.4, 0.5) is 14.9 Å². The summed E-state index contributed by atoms with van der Waals surface area (Å²) in [5.74, 6) is 0.0529. The lowest BCUT2D eigenvalue weighted by Crippen LogP contribution is -2.16. The average Bonchev–Trinajstić information content (AvgIpc) is 2.34. The molecular formula is C13H9BrFNO2. The molecule has 1 amide bonds. The van der Waals surface area contributed by atoms with E-state index in [1.165, 1.54) is 18.2 Å². The molecule has 3 nitrogen and oxygen atoms in total. The molecule has 0 aliphatic rings. The standard InChI is InChI=1S/C13H9BrFNO2/c14-11-8-9(15)6-7-12(11)16-13(17)18-10-4-2-1-3-5-10/h1-8H,(H,16,17). The first-order valence-electron chi connectivity index (χ1n) is 5.14. The topological polar surface area (TPSA) is 38.3 Å². The van der Waals surface area contributed by atoms with Crippen molar-refractivity contribution in [3.05, 3.63) is 58.8 Å². The molecule has 5 heteroatoms. The molecule has 0 saturated carbocycles. The number of para-hydroxylation sites is 1. The van der Waals surface area contributed by atoms with Gasteiger partial charge in [-0.1, -0.05) is 18.2 Å². The number of hydrogen-bond donors (Lipinski definition) is 1. The van der Waals surface area contributed by atoms with Crippen LogP contribution in [0.5, 0.6) is 5.75 Å². The van der Waals surface area contributed by atoms with Crippen molar-refractivity contribution < 1.29 is 13.9 Å². The Morgan fingerprint density at radius 2 is 1.89 bits per heavy atom. The number of carbonyl (C=O) groups excluding carboxylic acids is 1. The van der Waals surface area contributed by atoms with Crippen LogP contribution in [0.3, 0.4) is 0 Å². The van der Waals surface area contributed by atoms with Crippen LogP contribution in [-0.2, 0) is 0 Å². The highest BCUT2D eigenvalue weighted by Crippen LogP contribution is 2.23. The van der Waals surface area contributed by atoms with Crippen LogP contribution in [-0.4, -0.2) is 6.09 Å². The van der Waals surface area contributed by atoms with Crippen LogP contribution < -0.4 is 10.1 Å². The van der Waals surface area contributed by atoms with Gasteiger partial charge in [-0.15, -0.1) is 0 Å². The third kappa shape index (κ3) is 3.30. The van der Waals surface area contributed by atoms with Gasteiger partial charge in [-0.2, -0.15) is 0 Å². The molecule has 2 rings (SSSR count). The minimum Gasteiger partial charge on any atom is -0.410 e. The zero-order chi connectivity index (χ0) is 13.0. The molecule has 0 aliphatic heterocycles. The normalized spacial score (nSPS) is 9.89. The summed E-state index contributed by atoms with van der Waals surface area (Å²) in [6, 6.07) is 12.6. The predicted octanol–water partition coefficient (Wildman–Crippen LogP) is 4.20. The van der Waals surface area contributed by atoms with E-state index in [1.54, 1.807) is 24.3 Å². The van der Waals surface area contributed by atoms with E-state index < -0.39 is 6.09 Å². The van der Waals surface area contributed by atoms with Gasteiger partial charge in [0.1, 0.15) is 11.6 Å². The predicted molar refractivity (Wildman–Crippen MR) is 70.2 cm³/mol. The second-order valence-electron chi connectivity index (χ2n) is 3.45. The quantitative estimate of drug-likeness (QED) is 0.903. The highest BCUT2D eigenvalue weighted by atomic mass is 79.9. The van der Waals surface area contributed by atoms with Gasteiger partial charge in [0.2, 0.25) is 0 Å².